The van der Waals surface area contributed by atoms with Crippen molar-refractivity contribution >= 4 is 11.7 Å². The van der Waals surface area contributed by atoms with Gasteiger partial charge in [-0.05, 0) is 61.8 Å². The number of allylic oxidation sites excluding steroid dienone is 10. The SMILES string of the molecule is C=CCN=C(C/C=C\C(F)=C/C)/C(=C\C(C)/C=C/C(=C)NCC1=CCC(C#N)C=C1)CCCCC(=O)O. The highest BCUT2D eigenvalue weighted by Crippen LogP contribution is 2.19. The van der Waals surface area contributed by atoms with Crippen LogP contribution in [-0.4, -0.2) is 29.9 Å². The first-order valence-electron chi connectivity index (χ1n) is 12.7. The van der Waals surface area contributed by atoms with E-state index >= 15 is 0 Å². The quantitative estimate of drug-likeness (QED) is 0.0938. The van der Waals surface area contributed by atoms with E-state index in [0.29, 0.717) is 32.4 Å². The van der Waals surface area contributed by atoms with Crippen LogP contribution in [0, 0.1) is 23.2 Å². The van der Waals surface area contributed by atoms with Crippen LogP contribution in [0.4, 0.5) is 4.39 Å². The molecule has 0 aromatic heterocycles. The summed E-state index contributed by atoms with van der Waals surface area (Å²) in [5, 5.41) is 21.3. The zero-order chi connectivity index (χ0) is 27.5. The highest BCUT2D eigenvalue weighted by atomic mass is 19.1. The van der Waals surface area contributed by atoms with Gasteiger partial charge in [0.2, 0.25) is 0 Å². The Kier molecular flexibility index (Phi) is 15.7. The van der Waals surface area contributed by atoms with E-state index in [1.54, 1.807) is 19.1 Å². The summed E-state index contributed by atoms with van der Waals surface area (Å²) >= 11 is 0. The average Bonchev–Trinajstić information content (AvgIpc) is 2.89. The molecule has 5 nitrogen and oxygen atoms in total. The van der Waals surface area contributed by atoms with Gasteiger partial charge in [-0.25, -0.2) is 4.39 Å². The summed E-state index contributed by atoms with van der Waals surface area (Å²) in [6, 6.07) is 2.25. The second kappa shape index (κ2) is 18.5. The van der Waals surface area contributed by atoms with Gasteiger partial charge < -0.3 is 10.4 Å². The van der Waals surface area contributed by atoms with Gasteiger partial charge in [-0.2, -0.15) is 5.26 Å². The fourth-order valence-corrected chi connectivity index (χ4v) is 3.57. The number of carboxylic acids is 1. The van der Waals surface area contributed by atoms with E-state index in [2.05, 4.69) is 48.6 Å². The number of carboxylic acid groups (broad SMARTS) is 1. The lowest BCUT2D eigenvalue weighted by Crippen LogP contribution is -2.15. The average molecular weight is 506 g/mol. The molecule has 1 aliphatic carbocycles. The van der Waals surface area contributed by atoms with E-state index < -0.39 is 5.97 Å². The minimum Gasteiger partial charge on any atom is -0.481 e. The number of nitriles is 1. The Morgan fingerprint density at radius 1 is 1.38 bits per heavy atom. The first-order valence-corrected chi connectivity index (χ1v) is 12.7. The highest BCUT2D eigenvalue weighted by molar-refractivity contribution is 6.01. The van der Waals surface area contributed by atoms with Crippen LogP contribution in [0.2, 0.25) is 0 Å². The molecule has 2 unspecified atom stereocenters. The van der Waals surface area contributed by atoms with Gasteiger partial charge in [-0.3, -0.25) is 9.79 Å². The molecule has 0 saturated heterocycles. The Balaban J connectivity index is 2.92. The molecule has 0 aliphatic heterocycles. The zero-order valence-corrected chi connectivity index (χ0v) is 22.1. The summed E-state index contributed by atoms with van der Waals surface area (Å²) in [5.41, 5.74) is 3.78. The molecule has 0 aromatic rings. The normalized spacial score (nSPS) is 17.5. The topological polar surface area (TPSA) is 85.5 Å². The number of nitrogens with zero attached hydrogens (tertiary/aromatic N) is 2. The van der Waals surface area contributed by atoms with Crippen LogP contribution in [0.5, 0.6) is 0 Å². The van der Waals surface area contributed by atoms with Gasteiger partial charge in [-0.1, -0.05) is 62.1 Å². The maximum atomic E-state index is 13.6. The maximum Gasteiger partial charge on any atom is 0.303 e. The Bertz CT molecular complexity index is 1040. The van der Waals surface area contributed by atoms with Crippen LogP contribution in [0.15, 0.2) is 102 Å². The number of carbonyl (C=O) groups is 1. The third-order valence-corrected chi connectivity index (χ3v) is 5.66. The van der Waals surface area contributed by atoms with Crippen molar-refractivity contribution < 1.29 is 14.3 Å². The lowest BCUT2D eigenvalue weighted by atomic mass is 9.95. The molecule has 6 heteroatoms. The van der Waals surface area contributed by atoms with Crippen molar-refractivity contribution in [2.75, 3.05) is 13.1 Å². The van der Waals surface area contributed by atoms with Crippen LogP contribution < -0.4 is 5.32 Å². The Morgan fingerprint density at radius 3 is 2.76 bits per heavy atom. The maximum absolute atomic E-state index is 13.6. The summed E-state index contributed by atoms with van der Waals surface area (Å²) in [6.07, 6.45) is 21.7. The lowest BCUT2D eigenvalue weighted by molar-refractivity contribution is -0.137. The first-order chi connectivity index (χ1) is 17.8. The summed E-state index contributed by atoms with van der Waals surface area (Å²) in [5.74, 6) is -1.08. The fraction of sp³-hybridized carbons (Fsp3) is 0.387. The van der Waals surface area contributed by atoms with E-state index in [-0.39, 0.29) is 24.1 Å². The van der Waals surface area contributed by atoms with E-state index in [9.17, 15) is 9.18 Å². The van der Waals surface area contributed by atoms with Gasteiger partial charge in [-0.15, -0.1) is 6.58 Å². The van der Waals surface area contributed by atoms with Crippen molar-refractivity contribution in [3.63, 3.8) is 0 Å². The fourth-order valence-electron chi connectivity index (χ4n) is 3.57. The van der Waals surface area contributed by atoms with Gasteiger partial charge in [0.1, 0.15) is 5.83 Å². The van der Waals surface area contributed by atoms with Gasteiger partial charge in [0.15, 0.2) is 0 Å². The molecule has 2 atom stereocenters. The van der Waals surface area contributed by atoms with Crippen LogP contribution in [0.3, 0.4) is 0 Å². The third kappa shape index (κ3) is 14.4. The standard InChI is InChI=1S/C31H40FN3O2/c1-5-20-34-30(12-9-11-29(32)6-2)28(10-7-8-13-31(36)37)21-24(3)14-15-25(4)35-23-27-18-16-26(22-33)17-19-27/h5-6,9,11,14-16,18-19,21,24,26,35H,1,4,7-8,10,12-13,17,20,23H2,2-3H3,(H,36,37)/b11-9-,15-14+,28-21-,29-6+,34-30?. The molecular weight excluding hydrogens is 465 g/mol. The van der Waals surface area contributed by atoms with Gasteiger partial charge in [0.25, 0.3) is 0 Å². The molecule has 0 radical (unpaired) electrons. The minimum atomic E-state index is -0.803. The molecule has 0 aromatic carbocycles. The summed E-state index contributed by atoms with van der Waals surface area (Å²) in [4.78, 5) is 15.6. The smallest absolute Gasteiger partial charge is 0.303 e. The van der Waals surface area contributed by atoms with Gasteiger partial charge >= 0.3 is 5.97 Å². The van der Waals surface area contributed by atoms with Gasteiger partial charge in [0, 0.05) is 30.8 Å². The lowest BCUT2D eigenvalue weighted by Gasteiger charge is -2.13. The summed E-state index contributed by atoms with van der Waals surface area (Å²) < 4.78 is 13.6. The predicted octanol–water partition coefficient (Wildman–Crippen LogP) is 7.33. The molecule has 2 N–H and O–H groups in total. The van der Waals surface area contributed by atoms with Crippen LogP contribution in [0.1, 0.15) is 52.4 Å². The molecule has 0 amide bonds. The number of hydrogen-bond donors (Lipinski definition) is 2. The minimum absolute atomic E-state index is 0.0460. The number of aliphatic imine (C=N–C) groups is 1. The molecular formula is C31H40FN3O2. The van der Waals surface area contributed by atoms with Crippen molar-refractivity contribution in [1.29, 1.82) is 5.26 Å². The molecule has 0 spiro atoms. The zero-order valence-electron chi connectivity index (χ0n) is 22.1. The van der Waals surface area contributed by atoms with E-state index in [1.807, 2.05) is 24.3 Å². The van der Waals surface area contributed by atoms with E-state index in [1.165, 1.54) is 12.2 Å². The Labute approximate surface area is 221 Å². The number of rotatable bonds is 17. The number of unbranched alkanes of at least 4 members (excludes halogenated alkanes) is 1. The monoisotopic (exact) mass is 505 g/mol. The largest absolute Gasteiger partial charge is 0.481 e. The van der Waals surface area contributed by atoms with Gasteiger partial charge in [0.05, 0.1) is 18.5 Å². The second-order valence-electron chi connectivity index (χ2n) is 8.86. The van der Waals surface area contributed by atoms with Crippen LogP contribution >= 0.6 is 0 Å². The molecule has 0 bridgehead atoms. The number of aliphatic carboxylic acids is 1. The van der Waals surface area contributed by atoms with Crippen LogP contribution in [-0.2, 0) is 4.79 Å². The molecule has 1 rings (SSSR count). The molecule has 0 fully saturated rings. The second-order valence-corrected chi connectivity index (χ2v) is 8.86. The summed E-state index contributed by atoms with van der Waals surface area (Å²) in [7, 11) is 0. The highest BCUT2D eigenvalue weighted by Gasteiger charge is 2.10. The number of nitrogens with one attached hydrogen (secondary N) is 1. The Morgan fingerprint density at radius 2 is 2.14 bits per heavy atom. The first kappa shape index (κ1) is 31.3. The van der Waals surface area contributed by atoms with Crippen molar-refractivity contribution in [3.8, 4) is 6.07 Å². The molecule has 198 valence electrons. The third-order valence-electron chi connectivity index (χ3n) is 5.66. The predicted molar refractivity (Wildman–Crippen MR) is 152 cm³/mol. The number of hydrogen-bond acceptors (Lipinski definition) is 4. The van der Waals surface area contributed by atoms with Crippen molar-refractivity contribution in [2.24, 2.45) is 16.8 Å². The molecule has 0 saturated carbocycles. The summed E-state index contributed by atoms with van der Waals surface area (Å²) in [6.45, 7) is 12.6. The van der Waals surface area contributed by atoms with E-state index in [4.69, 9.17) is 10.4 Å². The van der Waals surface area contributed by atoms with Crippen molar-refractivity contribution in [3.05, 3.63) is 96.6 Å². The molecule has 37 heavy (non-hydrogen) atoms. The molecule has 0 heterocycles. The Hall–Kier alpha value is -3.72. The van der Waals surface area contributed by atoms with Crippen LogP contribution in [0.25, 0.3) is 0 Å². The van der Waals surface area contributed by atoms with Crippen molar-refractivity contribution in [1.82, 2.24) is 5.32 Å². The van der Waals surface area contributed by atoms with E-state index in [0.717, 1.165) is 35.4 Å². The number of halogens is 1. The van der Waals surface area contributed by atoms with Crippen molar-refractivity contribution in [2.45, 2.75) is 52.4 Å². The molecule has 1 aliphatic rings.